The van der Waals surface area contributed by atoms with Crippen molar-refractivity contribution in [3.8, 4) is 11.5 Å². The zero-order valence-electron chi connectivity index (χ0n) is 16.9. The van der Waals surface area contributed by atoms with Gasteiger partial charge in [0.1, 0.15) is 6.10 Å². The van der Waals surface area contributed by atoms with E-state index in [0.29, 0.717) is 37.0 Å². The van der Waals surface area contributed by atoms with Crippen LogP contribution in [0.1, 0.15) is 12.5 Å². The van der Waals surface area contributed by atoms with E-state index in [2.05, 4.69) is 15.6 Å². The minimum Gasteiger partial charge on any atom is -0.493 e. The first-order valence-electron chi connectivity index (χ1n) is 9.19. The number of sulfonamides is 1. The lowest BCUT2D eigenvalue weighted by Crippen LogP contribution is -2.42. The lowest BCUT2D eigenvalue weighted by Gasteiger charge is -2.19. The Morgan fingerprint density at radius 3 is 2.34 bits per heavy atom. The second kappa shape index (κ2) is 10.7. The molecular weight excluding hydrogens is 392 g/mol. The maximum Gasteiger partial charge on any atom is 0.238 e. The fourth-order valence-corrected chi connectivity index (χ4v) is 3.12. The van der Waals surface area contributed by atoms with Crippen LogP contribution in [0.4, 0.5) is 0 Å². The predicted molar refractivity (Wildman–Crippen MR) is 114 cm³/mol. The molecule has 2 aromatic rings. The Morgan fingerprint density at radius 2 is 1.76 bits per heavy atom. The van der Waals surface area contributed by atoms with Gasteiger partial charge >= 0.3 is 0 Å². The summed E-state index contributed by atoms with van der Waals surface area (Å²) in [6, 6.07) is 14.0. The van der Waals surface area contributed by atoms with Gasteiger partial charge in [-0.25, -0.2) is 13.6 Å². The molecular formula is C20H28N4O4S. The third-order valence-corrected chi connectivity index (χ3v) is 5.07. The standard InChI is InChI=1S/C20H28N4O4S/c1-15(28-19-7-5-4-6-18(19)27-3)14-24-20(22-2)23-13-12-16-8-10-17(11-9-16)29(21,25)26/h4-11,15H,12-14H2,1-3H3,(H2,21,25,26)(H2,22,23,24). The number of hydrogen-bond acceptors (Lipinski definition) is 5. The molecule has 0 saturated heterocycles. The quantitative estimate of drug-likeness (QED) is 0.418. The summed E-state index contributed by atoms with van der Waals surface area (Å²) in [6.07, 6.45) is 0.606. The fourth-order valence-electron chi connectivity index (χ4n) is 2.61. The van der Waals surface area contributed by atoms with E-state index in [1.54, 1.807) is 26.3 Å². The van der Waals surface area contributed by atoms with Crippen molar-refractivity contribution in [1.29, 1.82) is 0 Å². The van der Waals surface area contributed by atoms with Crippen molar-refractivity contribution in [2.45, 2.75) is 24.3 Å². The maximum atomic E-state index is 11.3. The molecule has 0 saturated carbocycles. The minimum absolute atomic E-state index is 0.101. The summed E-state index contributed by atoms with van der Waals surface area (Å²) in [6.45, 7) is 3.15. The molecule has 158 valence electrons. The first-order chi connectivity index (χ1) is 13.8. The molecule has 9 heteroatoms. The summed E-state index contributed by atoms with van der Waals surface area (Å²) >= 11 is 0. The van der Waals surface area contributed by atoms with Crippen molar-refractivity contribution in [1.82, 2.24) is 10.6 Å². The number of ether oxygens (including phenoxy) is 2. The number of methoxy groups -OCH3 is 1. The van der Waals surface area contributed by atoms with E-state index in [9.17, 15) is 8.42 Å². The second-order valence-corrected chi connectivity index (χ2v) is 7.96. The van der Waals surface area contributed by atoms with Crippen LogP contribution in [0.5, 0.6) is 11.5 Å². The van der Waals surface area contributed by atoms with Crippen molar-refractivity contribution in [3.05, 3.63) is 54.1 Å². The van der Waals surface area contributed by atoms with Crippen LogP contribution in [-0.2, 0) is 16.4 Å². The summed E-state index contributed by atoms with van der Waals surface area (Å²) in [5.41, 5.74) is 0.994. The number of nitrogens with one attached hydrogen (secondary N) is 2. The van der Waals surface area contributed by atoms with Crippen molar-refractivity contribution in [2.24, 2.45) is 10.1 Å². The van der Waals surface area contributed by atoms with E-state index >= 15 is 0 Å². The normalized spacial score (nSPS) is 12.9. The van der Waals surface area contributed by atoms with Crippen molar-refractivity contribution in [2.75, 3.05) is 27.2 Å². The Labute approximate surface area is 172 Å². The van der Waals surface area contributed by atoms with Crippen LogP contribution in [0.25, 0.3) is 0 Å². The molecule has 0 aromatic heterocycles. The van der Waals surface area contributed by atoms with E-state index in [1.807, 2.05) is 31.2 Å². The van der Waals surface area contributed by atoms with Gasteiger partial charge in [-0.1, -0.05) is 24.3 Å². The lowest BCUT2D eigenvalue weighted by molar-refractivity contribution is 0.213. The predicted octanol–water partition coefficient (Wildman–Crippen LogP) is 1.52. The van der Waals surface area contributed by atoms with Crippen LogP contribution < -0.4 is 25.2 Å². The van der Waals surface area contributed by atoms with E-state index < -0.39 is 10.0 Å². The van der Waals surface area contributed by atoms with Crippen LogP contribution in [0.15, 0.2) is 58.4 Å². The van der Waals surface area contributed by atoms with Crippen LogP contribution in [-0.4, -0.2) is 47.7 Å². The first kappa shape index (κ1) is 22.5. The number of guanidine groups is 1. The summed E-state index contributed by atoms with van der Waals surface area (Å²) in [5.74, 6) is 2.03. The highest BCUT2D eigenvalue weighted by molar-refractivity contribution is 7.89. The van der Waals surface area contributed by atoms with Gasteiger partial charge in [0.15, 0.2) is 17.5 Å². The van der Waals surface area contributed by atoms with Gasteiger partial charge in [-0.2, -0.15) is 0 Å². The molecule has 0 heterocycles. The molecule has 0 aliphatic rings. The largest absolute Gasteiger partial charge is 0.493 e. The monoisotopic (exact) mass is 420 g/mol. The summed E-state index contributed by atoms with van der Waals surface area (Å²) < 4.78 is 33.8. The Bertz CT molecular complexity index is 914. The van der Waals surface area contributed by atoms with Gasteiger partial charge in [-0.3, -0.25) is 4.99 Å². The molecule has 2 rings (SSSR count). The number of hydrogen-bond donors (Lipinski definition) is 3. The molecule has 4 N–H and O–H groups in total. The van der Waals surface area contributed by atoms with Gasteiger partial charge < -0.3 is 20.1 Å². The second-order valence-electron chi connectivity index (χ2n) is 6.40. The Balaban J connectivity index is 1.77. The van der Waals surface area contributed by atoms with Crippen molar-refractivity contribution >= 4 is 16.0 Å². The molecule has 0 spiro atoms. The molecule has 2 aromatic carbocycles. The average Bonchev–Trinajstić information content (AvgIpc) is 2.70. The molecule has 0 fully saturated rings. The van der Waals surface area contributed by atoms with E-state index in [1.165, 1.54) is 12.1 Å². The SMILES string of the molecule is CN=C(NCCc1ccc(S(N)(=O)=O)cc1)NCC(C)Oc1ccccc1OC. The fraction of sp³-hybridized carbons (Fsp3) is 0.350. The number of para-hydroxylation sites is 2. The smallest absolute Gasteiger partial charge is 0.238 e. The topological polar surface area (TPSA) is 115 Å². The van der Waals surface area contributed by atoms with Gasteiger partial charge in [0.2, 0.25) is 10.0 Å². The average molecular weight is 421 g/mol. The number of aliphatic imine (C=N–C) groups is 1. The molecule has 8 nitrogen and oxygen atoms in total. The zero-order valence-corrected chi connectivity index (χ0v) is 17.7. The number of benzene rings is 2. The Kier molecular flexibility index (Phi) is 8.29. The highest BCUT2D eigenvalue weighted by Gasteiger charge is 2.10. The summed E-state index contributed by atoms with van der Waals surface area (Å²) in [7, 11) is -0.358. The maximum absolute atomic E-state index is 11.3. The van der Waals surface area contributed by atoms with Crippen LogP contribution in [0.2, 0.25) is 0 Å². The third-order valence-electron chi connectivity index (χ3n) is 4.14. The van der Waals surface area contributed by atoms with Crippen molar-refractivity contribution in [3.63, 3.8) is 0 Å². The molecule has 29 heavy (non-hydrogen) atoms. The van der Waals surface area contributed by atoms with Gasteiger partial charge in [-0.15, -0.1) is 0 Å². The molecule has 0 aliphatic carbocycles. The zero-order chi connectivity index (χ0) is 21.3. The number of nitrogens with zero attached hydrogens (tertiary/aromatic N) is 1. The van der Waals surface area contributed by atoms with Gasteiger partial charge in [-0.05, 0) is 43.2 Å². The van der Waals surface area contributed by atoms with Crippen LogP contribution >= 0.6 is 0 Å². The summed E-state index contributed by atoms with van der Waals surface area (Å²) in [4.78, 5) is 4.30. The number of rotatable bonds is 9. The highest BCUT2D eigenvalue weighted by atomic mass is 32.2. The number of primary sulfonamides is 1. The molecule has 0 amide bonds. The highest BCUT2D eigenvalue weighted by Crippen LogP contribution is 2.26. The van der Waals surface area contributed by atoms with Crippen LogP contribution in [0.3, 0.4) is 0 Å². The van der Waals surface area contributed by atoms with Gasteiger partial charge in [0.05, 0.1) is 18.6 Å². The molecule has 0 bridgehead atoms. The minimum atomic E-state index is -3.66. The van der Waals surface area contributed by atoms with E-state index in [0.717, 1.165) is 5.56 Å². The van der Waals surface area contributed by atoms with E-state index in [4.69, 9.17) is 14.6 Å². The lowest BCUT2D eigenvalue weighted by atomic mass is 10.1. The molecule has 1 atom stereocenters. The number of nitrogens with two attached hydrogens (primary N) is 1. The van der Waals surface area contributed by atoms with E-state index in [-0.39, 0.29) is 11.0 Å². The third kappa shape index (κ3) is 7.28. The Morgan fingerprint density at radius 1 is 1.10 bits per heavy atom. The molecule has 0 aliphatic heterocycles. The first-order valence-corrected chi connectivity index (χ1v) is 10.7. The van der Waals surface area contributed by atoms with Crippen LogP contribution in [0, 0.1) is 0 Å². The van der Waals surface area contributed by atoms with Gasteiger partial charge in [0.25, 0.3) is 0 Å². The van der Waals surface area contributed by atoms with Crippen molar-refractivity contribution < 1.29 is 17.9 Å². The molecule has 0 radical (unpaired) electrons. The molecule has 1 unspecified atom stereocenters. The van der Waals surface area contributed by atoms with Gasteiger partial charge in [0, 0.05) is 13.6 Å². The summed E-state index contributed by atoms with van der Waals surface area (Å²) in [5, 5.41) is 11.5. The Hall–Kier alpha value is -2.78.